The third-order valence-electron chi connectivity index (χ3n) is 5.71. The summed E-state index contributed by atoms with van der Waals surface area (Å²) >= 11 is 6.13. The van der Waals surface area contributed by atoms with Crippen LogP contribution in [0.25, 0.3) is 0 Å². The van der Waals surface area contributed by atoms with Crippen LogP contribution in [0.3, 0.4) is 0 Å². The molecule has 0 bridgehead atoms. The number of nitrogens with one attached hydrogen (secondary N) is 1. The molecule has 0 saturated carbocycles. The summed E-state index contributed by atoms with van der Waals surface area (Å²) in [6.07, 6.45) is 4.33. The number of hydrogen-bond donors (Lipinski definition) is 1. The SMILES string of the molecule is CCCN1CCCCC1C(=O)N1CCN(C(=O)Nc2ccc(C)c(Cl)c2)CC1. The molecule has 1 unspecified atom stereocenters. The van der Waals surface area contributed by atoms with Gasteiger partial charge >= 0.3 is 6.03 Å². The van der Waals surface area contributed by atoms with E-state index in [-0.39, 0.29) is 18.0 Å². The fraction of sp³-hybridized carbons (Fsp3) is 0.619. The molecule has 2 aliphatic rings. The van der Waals surface area contributed by atoms with Gasteiger partial charge in [0, 0.05) is 36.9 Å². The maximum atomic E-state index is 13.0. The van der Waals surface area contributed by atoms with E-state index in [1.54, 1.807) is 11.0 Å². The lowest BCUT2D eigenvalue weighted by atomic mass is 10.00. The Hall–Kier alpha value is -1.79. The normalized spacial score (nSPS) is 20.9. The zero-order chi connectivity index (χ0) is 20.1. The van der Waals surface area contributed by atoms with Crippen LogP contribution in [0.2, 0.25) is 5.02 Å². The topological polar surface area (TPSA) is 55.9 Å². The predicted molar refractivity (Wildman–Crippen MR) is 113 cm³/mol. The molecule has 1 aromatic carbocycles. The van der Waals surface area contributed by atoms with E-state index in [4.69, 9.17) is 11.6 Å². The number of urea groups is 1. The van der Waals surface area contributed by atoms with Gasteiger partial charge in [-0.2, -0.15) is 0 Å². The van der Waals surface area contributed by atoms with E-state index in [2.05, 4.69) is 17.1 Å². The molecule has 2 aliphatic heterocycles. The van der Waals surface area contributed by atoms with E-state index in [9.17, 15) is 9.59 Å². The van der Waals surface area contributed by atoms with Crippen molar-refractivity contribution in [2.24, 2.45) is 0 Å². The molecule has 0 spiro atoms. The number of benzene rings is 1. The molecule has 0 aliphatic carbocycles. The highest BCUT2D eigenvalue weighted by molar-refractivity contribution is 6.31. The molecule has 0 aromatic heterocycles. The van der Waals surface area contributed by atoms with E-state index in [0.29, 0.717) is 36.9 Å². The average Bonchev–Trinajstić information content (AvgIpc) is 2.71. The highest BCUT2D eigenvalue weighted by Gasteiger charge is 2.33. The average molecular weight is 407 g/mol. The quantitative estimate of drug-likeness (QED) is 0.831. The lowest BCUT2D eigenvalue weighted by Crippen LogP contribution is -2.57. The van der Waals surface area contributed by atoms with Crippen molar-refractivity contribution in [3.8, 4) is 0 Å². The molecule has 28 heavy (non-hydrogen) atoms. The van der Waals surface area contributed by atoms with Crippen LogP contribution in [0, 0.1) is 6.92 Å². The number of halogens is 1. The van der Waals surface area contributed by atoms with E-state index < -0.39 is 0 Å². The van der Waals surface area contributed by atoms with Crippen molar-refractivity contribution in [1.29, 1.82) is 0 Å². The van der Waals surface area contributed by atoms with Gasteiger partial charge in [0.15, 0.2) is 0 Å². The first-order valence-electron chi connectivity index (χ1n) is 10.3. The standard InChI is InChI=1S/C21H31ClN4O2/c1-3-9-24-10-5-4-6-19(24)20(27)25-11-13-26(14-12-25)21(28)23-17-8-7-16(2)18(22)15-17/h7-8,15,19H,3-6,9-14H2,1-2H3,(H,23,28). The first kappa shape index (κ1) is 20.9. The summed E-state index contributed by atoms with van der Waals surface area (Å²) in [5.41, 5.74) is 1.67. The monoisotopic (exact) mass is 406 g/mol. The van der Waals surface area contributed by atoms with Crippen LogP contribution in [0.5, 0.6) is 0 Å². The van der Waals surface area contributed by atoms with Gasteiger partial charge in [0.25, 0.3) is 0 Å². The van der Waals surface area contributed by atoms with Crippen molar-refractivity contribution in [3.63, 3.8) is 0 Å². The number of nitrogens with zero attached hydrogens (tertiary/aromatic N) is 3. The van der Waals surface area contributed by atoms with E-state index in [1.165, 1.54) is 6.42 Å². The van der Waals surface area contributed by atoms with Crippen molar-refractivity contribution in [2.75, 3.05) is 44.6 Å². The second kappa shape index (κ2) is 9.61. The third kappa shape index (κ3) is 4.97. The zero-order valence-corrected chi connectivity index (χ0v) is 17.7. The Bertz CT molecular complexity index is 702. The first-order valence-corrected chi connectivity index (χ1v) is 10.7. The maximum Gasteiger partial charge on any atom is 0.321 e. The molecule has 154 valence electrons. The first-order chi connectivity index (χ1) is 13.5. The van der Waals surface area contributed by atoms with E-state index in [1.807, 2.05) is 24.0 Å². The number of anilines is 1. The van der Waals surface area contributed by atoms with Crippen LogP contribution >= 0.6 is 11.6 Å². The molecule has 3 amide bonds. The Kier molecular flexibility index (Phi) is 7.18. The van der Waals surface area contributed by atoms with Crippen molar-refractivity contribution >= 4 is 29.2 Å². The fourth-order valence-corrected chi connectivity index (χ4v) is 4.22. The number of likely N-dealkylation sites (tertiary alicyclic amines) is 1. The summed E-state index contributed by atoms with van der Waals surface area (Å²) in [6, 6.07) is 5.38. The van der Waals surface area contributed by atoms with Crippen LogP contribution in [0.15, 0.2) is 18.2 Å². The number of carbonyl (C=O) groups is 2. The predicted octanol–water partition coefficient (Wildman–Crippen LogP) is 3.59. The number of aryl methyl sites for hydroxylation is 1. The highest BCUT2D eigenvalue weighted by atomic mass is 35.5. The van der Waals surface area contributed by atoms with Crippen LogP contribution in [-0.4, -0.2) is 71.9 Å². The van der Waals surface area contributed by atoms with Gasteiger partial charge in [0.1, 0.15) is 0 Å². The Morgan fingerprint density at radius 1 is 1.11 bits per heavy atom. The molecule has 2 saturated heterocycles. The minimum absolute atomic E-state index is 0.0174. The number of hydrogen-bond acceptors (Lipinski definition) is 3. The van der Waals surface area contributed by atoms with Crippen LogP contribution in [0.1, 0.15) is 38.2 Å². The number of rotatable bonds is 4. The molecule has 7 heteroatoms. The second-order valence-electron chi connectivity index (χ2n) is 7.75. The highest BCUT2D eigenvalue weighted by Crippen LogP contribution is 2.22. The molecule has 1 atom stereocenters. The smallest absolute Gasteiger partial charge is 0.321 e. The molecular weight excluding hydrogens is 376 g/mol. The molecular formula is C21H31ClN4O2. The summed E-state index contributed by atoms with van der Waals surface area (Å²) in [5, 5.41) is 3.54. The molecule has 1 N–H and O–H groups in total. The summed E-state index contributed by atoms with van der Waals surface area (Å²) in [5.74, 6) is 0.235. The van der Waals surface area contributed by atoms with E-state index >= 15 is 0 Å². The lowest BCUT2D eigenvalue weighted by Gasteiger charge is -2.40. The minimum atomic E-state index is -0.141. The summed E-state index contributed by atoms with van der Waals surface area (Å²) < 4.78 is 0. The van der Waals surface area contributed by atoms with Crippen molar-refractivity contribution < 1.29 is 9.59 Å². The molecule has 2 heterocycles. The van der Waals surface area contributed by atoms with Crippen molar-refractivity contribution in [2.45, 2.75) is 45.6 Å². The van der Waals surface area contributed by atoms with Gasteiger partial charge in [0.05, 0.1) is 6.04 Å². The zero-order valence-electron chi connectivity index (χ0n) is 16.9. The van der Waals surface area contributed by atoms with Gasteiger partial charge in [-0.15, -0.1) is 0 Å². The van der Waals surface area contributed by atoms with Gasteiger partial charge in [-0.1, -0.05) is 31.0 Å². The molecule has 1 aromatic rings. The summed E-state index contributed by atoms with van der Waals surface area (Å²) in [4.78, 5) is 31.6. The summed E-state index contributed by atoms with van der Waals surface area (Å²) in [7, 11) is 0. The van der Waals surface area contributed by atoms with Gasteiger partial charge in [0.2, 0.25) is 5.91 Å². The fourth-order valence-electron chi connectivity index (χ4n) is 4.04. The van der Waals surface area contributed by atoms with Crippen molar-refractivity contribution in [3.05, 3.63) is 28.8 Å². The van der Waals surface area contributed by atoms with Crippen LogP contribution in [-0.2, 0) is 4.79 Å². The molecule has 2 fully saturated rings. The molecule has 6 nitrogen and oxygen atoms in total. The number of carbonyl (C=O) groups excluding carboxylic acids is 2. The van der Waals surface area contributed by atoms with Crippen molar-refractivity contribution in [1.82, 2.24) is 14.7 Å². The van der Waals surface area contributed by atoms with Crippen LogP contribution in [0.4, 0.5) is 10.5 Å². The Labute approximate surface area is 172 Å². The number of piperazine rings is 1. The second-order valence-corrected chi connectivity index (χ2v) is 8.16. The Balaban J connectivity index is 1.52. The van der Waals surface area contributed by atoms with Gasteiger partial charge in [-0.3, -0.25) is 9.69 Å². The Morgan fingerprint density at radius 2 is 1.82 bits per heavy atom. The summed E-state index contributed by atoms with van der Waals surface area (Å²) in [6.45, 7) is 8.39. The lowest BCUT2D eigenvalue weighted by molar-refractivity contribution is -0.139. The largest absolute Gasteiger partial charge is 0.338 e. The van der Waals surface area contributed by atoms with E-state index in [0.717, 1.165) is 37.9 Å². The third-order valence-corrected chi connectivity index (χ3v) is 6.12. The number of piperidine rings is 1. The van der Waals surface area contributed by atoms with Gasteiger partial charge < -0.3 is 15.1 Å². The van der Waals surface area contributed by atoms with Crippen LogP contribution < -0.4 is 5.32 Å². The van der Waals surface area contributed by atoms with Gasteiger partial charge in [-0.25, -0.2) is 4.79 Å². The number of amides is 3. The van der Waals surface area contributed by atoms with Gasteiger partial charge in [-0.05, 0) is 57.0 Å². The molecule has 0 radical (unpaired) electrons. The Morgan fingerprint density at radius 3 is 2.50 bits per heavy atom. The maximum absolute atomic E-state index is 13.0. The minimum Gasteiger partial charge on any atom is -0.338 e. The molecule has 3 rings (SSSR count).